The van der Waals surface area contributed by atoms with Crippen molar-refractivity contribution in [2.24, 2.45) is 0 Å². The second kappa shape index (κ2) is 10.6. The molecular formula is C6H10N8O4. The zero-order chi connectivity index (χ0) is 13.6. The van der Waals surface area contributed by atoms with Crippen molar-refractivity contribution in [1.82, 2.24) is 41.2 Å². The average molecular weight is 258 g/mol. The van der Waals surface area contributed by atoms with Crippen molar-refractivity contribution < 1.29 is 19.8 Å². The number of carboxylic acids is 2. The maximum absolute atomic E-state index is 9.64. The van der Waals surface area contributed by atoms with Crippen molar-refractivity contribution in [2.45, 2.75) is 12.8 Å². The van der Waals surface area contributed by atoms with E-state index in [0.29, 0.717) is 0 Å². The Morgan fingerprint density at radius 1 is 0.889 bits per heavy atom. The van der Waals surface area contributed by atoms with Crippen molar-refractivity contribution in [3.8, 4) is 0 Å². The molecule has 12 nitrogen and oxygen atoms in total. The van der Waals surface area contributed by atoms with Gasteiger partial charge in [-0.1, -0.05) is 10.4 Å². The van der Waals surface area contributed by atoms with E-state index in [9.17, 15) is 9.59 Å². The van der Waals surface area contributed by atoms with Gasteiger partial charge in [-0.25, -0.2) is 0 Å². The van der Waals surface area contributed by atoms with Gasteiger partial charge in [-0.15, -0.1) is 20.4 Å². The summed E-state index contributed by atoms with van der Waals surface area (Å²) in [6.07, 6.45) is 2.07. The smallest absolute Gasteiger partial charge is 0.303 e. The molecule has 0 bridgehead atoms. The number of tetrazole rings is 2. The fourth-order valence-electron chi connectivity index (χ4n) is 0.472. The lowest BCUT2D eigenvalue weighted by molar-refractivity contribution is -0.143. The molecule has 0 atom stereocenters. The highest BCUT2D eigenvalue weighted by atomic mass is 16.4. The van der Waals surface area contributed by atoms with Gasteiger partial charge in [0.2, 0.25) is 0 Å². The number of aromatic nitrogens is 8. The molecule has 0 saturated carbocycles. The van der Waals surface area contributed by atoms with Crippen LogP contribution in [0.4, 0.5) is 0 Å². The van der Waals surface area contributed by atoms with Crippen molar-refractivity contribution in [3.63, 3.8) is 0 Å². The van der Waals surface area contributed by atoms with E-state index in [2.05, 4.69) is 41.2 Å². The van der Waals surface area contributed by atoms with Crippen LogP contribution >= 0.6 is 0 Å². The van der Waals surface area contributed by atoms with Gasteiger partial charge in [0.25, 0.3) is 0 Å². The zero-order valence-electron chi connectivity index (χ0n) is 8.96. The topological polar surface area (TPSA) is 184 Å². The first-order valence-corrected chi connectivity index (χ1v) is 4.39. The number of aliphatic carboxylic acids is 2. The van der Waals surface area contributed by atoms with Crippen LogP contribution in [0.2, 0.25) is 0 Å². The van der Waals surface area contributed by atoms with E-state index in [1.165, 1.54) is 12.7 Å². The molecule has 0 fully saturated rings. The summed E-state index contributed by atoms with van der Waals surface area (Å²) in [6.45, 7) is 0. The van der Waals surface area contributed by atoms with Crippen LogP contribution in [0, 0.1) is 0 Å². The lowest BCUT2D eigenvalue weighted by Gasteiger charge is -1.85. The van der Waals surface area contributed by atoms with E-state index < -0.39 is 11.9 Å². The highest BCUT2D eigenvalue weighted by Crippen LogP contribution is 1.86. The lowest BCUT2D eigenvalue weighted by atomic mass is 10.3. The Labute approximate surface area is 99.4 Å². The summed E-state index contributed by atoms with van der Waals surface area (Å²) in [5.74, 6) is -2.15. The van der Waals surface area contributed by atoms with Gasteiger partial charge in [0, 0.05) is 0 Å². The molecule has 98 valence electrons. The first kappa shape index (κ1) is 15.1. The summed E-state index contributed by atoms with van der Waals surface area (Å²) in [6, 6.07) is 0. The van der Waals surface area contributed by atoms with Gasteiger partial charge in [-0.05, 0) is 0 Å². The Morgan fingerprint density at radius 3 is 1.39 bits per heavy atom. The summed E-state index contributed by atoms with van der Waals surface area (Å²) in [5, 5.41) is 40.1. The number of nitrogens with zero attached hydrogens (tertiary/aromatic N) is 6. The number of nitrogens with one attached hydrogen (secondary N) is 2. The molecule has 0 spiro atoms. The van der Waals surface area contributed by atoms with Crippen LogP contribution in [0.3, 0.4) is 0 Å². The summed E-state index contributed by atoms with van der Waals surface area (Å²) < 4.78 is 0. The second-order valence-corrected chi connectivity index (χ2v) is 2.41. The number of rotatable bonds is 3. The molecule has 0 aliphatic carbocycles. The van der Waals surface area contributed by atoms with Gasteiger partial charge >= 0.3 is 11.9 Å². The fraction of sp³-hybridized carbons (Fsp3) is 0.333. The average Bonchev–Trinajstić information content (AvgIpc) is 3.03. The molecule has 18 heavy (non-hydrogen) atoms. The SMILES string of the molecule is O=C(O)CCC(=O)O.c1nn[nH]n1.c1nn[nH]n1. The summed E-state index contributed by atoms with van der Waals surface area (Å²) in [4.78, 5) is 19.3. The molecule has 0 aliphatic rings. The maximum atomic E-state index is 9.64. The first-order chi connectivity index (χ1) is 8.63. The molecule has 4 N–H and O–H groups in total. The van der Waals surface area contributed by atoms with Gasteiger partial charge in [-0.2, -0.15) is 10.4 Å². The Hall–Kier alpha value is -2.92. The van der Waals surface area contributed by atoms with Crippen LogP contribution in [0.5, 0.6) is 0 Å². The molecule has 2 aromatic heterocycles. The van der Waals surface area contributed by atoms with E-state index in [4.69, 9.17) is 10.2 Å². The molecule has 0 aromatic carbocycles. The highest BCUT2D eigenvalue weighted by Gasteiger charge is 2.00. The quantitative estimate of drug-likeness (QED) is 0.496. The van der Waals surface area contributed by atoms with Crippen molar-refractivity contribution >= 4 is 11.9 Å². The molecule has 2 rings (SSSR count). The van der Waals surface area contributed by atoms with E-state index in [-0.39, 0.29) is 12.8 Å². The van der Waals surface area contributed by atoms with Crippen molar-refractivity contribution in [3.05, 3.63) is 12.7 Å². The van der Waals surface area contributed by atoms with Gasteiger partial charge in [-0.3, -0.25) is 9.59 Å². The Morgan fingerprint density at radius 2 is 1.28 bits per heavy atom. The van der Waals surface area contributed by atoms with E-state index in [1.54, 1.807) is 0 Å². The predicted molar refractivity (Wildman–Crippen MR) is 52.9 cm³/mol. The van der Waals surface area contributed by atoms with Gasteiger partial charge in [0.05, 0.1) is 12.8 Å². The summed E-state index contributed by atoms with van der Waals surface area (Å²) in [5.41, 5.74) is 0. The van der Waals surface area contributed by atoms with Crippen molar-refractivity contribution in [2.75, 3.05) is 0 Å². The third kappa shape index (κ3) is 13.1. The standard InChI is InChI=1S/C4H6O4.2CH2N4/c5-3(6)1-2-4(7)8;2*1-2-4-5-3-1/h1-2H2,(H,5,6)(H,7,8);2*1H,(H,2,3,4,5). The Balaban J connectivity index is 0.000000250. The summed E-state index contributed by atoms with van der Waals surface area (Å²) >= 11 is 0. The number of aromatic amines is 2. The van der Waals surface area contributed by atoms with Crippen LogP contribution in [0.25, 0.3) is 0 Å². The molecule has 2 aromatic rings. The molecule has 12 heteroatoms. The van der Waals surface area contributed by atoms with Crippen LogP contribution in [0.15, 0.2) is 12.7 Å². The number of hydrogen-bond donors (Lipinski definition) is 4. The molecule has 0 aliphatic heterocycles. The van der Waals surface area contributed by atoms with Crippen molar-refractivity contribution in [1.29, 1.82) is 0 Å². The van der Waals surface area contributed by atoms with Gasteiger partial charge in [0.15, 0.2) is 12.7 Å². The predicted octanol–water partition coefficient (Wildman–Crippen LogP) is -1.66. The second-order valence-electron chi connectivity index (χ2n) is 2.41. The summed E-state index contributed by atoms with van der Waals surface area (Å²) in [7, 11) is 0. The monoisotopic (exact) mass is 258 g/mol. The van der Waals surface area contributed by atoms with Crippen LogP contribution in [0.1, 0.15) is 12.8 Å². The Kier molecular flexibility index (Phi) is 8.87. The number of H-pyrrole nitrogens is 2. The maximum Gasteiger partial charge on any atom is 0.303 e. The number of carboxylic acid groups (broad SMARTS) is 2. The van der Waals surface area contributed by atoms with Gasteiger partial charge < -0.3 is 10.2 Å². The van der Waals surface area contributed by atoms with E-state index >= 15 is 0 Å². The fourth-order valence-corrected chi connectivity index (χ4v) is 0.472. The normalized spacial score (nSPS) is 8.22. The minimum atomic E-state index is -1.08. The minimum Gasteiger partial charge on any atom is -0.481 e. The molecular weight excluding hydrogens is 248 g/mol. The van der Waals surface area contributed by atoms with Crippen LogP contribution in [-0.4, -0.2) is 63.4 Å². The zero-order valence-corrected chi connectivity index (χ0v) is 8.96. The minimum absolute atomic E-state index is 0.296. The van der Waals surface area contributed by atoms with Crippen LogP contribution in [-0.2, 0) is 9.59 Å². The molecule has 0 radical (unpaired) electrons. The molecule has 0 unspecified atom stereocenters. The third-order valence-corrected chi connectivity index (χ3v) is 1.09. The number of carbonyl (C=O) groups is 2. The third-order valence-electron chi connectivity index (χ3n) is 1.09. The molecule has 0 amide bonds. The van der Waals surface area contributed by atoms with Crippen LogP contribution < -0.4 is 0 Å². The van der Waals surface area contributed by atoms with E-state index in [0.717, 1.165) is 0 Å². The first-order valence-electron chi connectivity index (χ1n) is 4.39. The largest absolute Gasteiger partial charge is 0.481 e. The van der Waals surface area contributed by atoms with Gasteiger partial charge in [0.1, 0.15) is 0 Å². The van der Waals surface area contributed by atoms with E-state index in [1.807, 2.05) is 0 Å². The molecule has 2 heterocycles. The number of hydrogen-bond acceptors (Lipinski definition) is 8. The molecule has 0 saturated heterocycles. The highest BCUT2D eigenvalue weighted by molar-refractivity contribution is 5.75. The Bertz CT molecular complexity index is 326. The lowest BCUT2D eigenvalue weighted by Crippen LogP contribution is -2.00.